The predicted octanol–water partition coefficient (Wildman–Crippen LogP) is 2.78. The van der Waals surface area contributed by atoms with Crippen LogP contribution in [0, 0.1) is 0 Å². The van der Waals surface area contributed by atoms with Gasteiger partial charge in [0.2, 0.25) is 0 Å². The first-order chi connectivity index (χ1) is 10.7. The average Bonchev–Trinajstić information content (AvgIpc) is 2.46. The maximum atomic E-state index is 12.1. The Morgan fingerprint density at radius 3 is 2.17 bits per heavy atom. The molecule has 23 heavy (non-hydrogen) atoms. The molecule has 0 aliphatic carbocycles. The molecule has 0 unspecified atom stereocenters. The molecule has 8 heteroatoms. The number of benzene rings is 2. The van der Waals surface area contributed by atoms with Crippen molar-refractivity contribution < 1.29 is 22.7 Å². The minimum atomic E-state index is -4.74. The van der Waals surface area contributed by atoms with Crippen LogP contribution >= 0.6 is 0 Å². The number of amides is 1. The Balaban J connectivity index is 2.32. The Bertz CT molecular complexity index is 713. The third-order valence-electron chi connectivity index (χ3n) is 3.03. The fraction of sp³-hybridized carbons (Fsp3) is 0.133. The Hall–Kier alpha value is -2.74. The number of nitrogens with zero attached hydrogens (tertiary/aromatic N) is 1. The van der Waals surface area contributed by atoms with Crippen LogP contribution < -0.4 is 16.3 Å². The lowest BCUT2D eigenvalue weighted by Crippen LogP contribution is -2.33. The van der Waals surface area contributed by atoms with E-state index in [9.17, 15) is 18.0 Å². The van der Waals surface area contributed by atoms with Gasteiger partial charge in [-0.3, -0.25) is 9.80 Å². The first-order valence-electron chi connectivity index (χ1n) is 6.46. The number of rotatable bonds is 3. The molecular formula is C15H14F3N3O2. The van der Waals surface area contributed by atoms with E-state index in [1.165, 1.54) is 43.4 Å². The summed E-state index contributed by atoms with van der Waals surface area (Å²) in [4.78, 5) is 11.9. The zero-order valence-corrected chi connectivity index (χ0v) is 12.1. The highest BCUT2D eigenvalue weighted by molar-refractivity contribution is 6.00. The molecule has 5 nitrogen and oxygen atoms in total. The lowest BCUT2D eigenvalue weighted by atomic mass is 10.0. The number of halogens is 3. The number of anilines is 1. The SMILES string of the molecule is CN(N)C(=O)c1cc(-c2ccc(OC(F)(F)F)cc2)ccc1N. The van der Waals surface area contributed by atoms with Crippen LogP contribution in [0.2, 0.25) is 0 Å². The van der Waals surface area contributed by atoms with E-state index in [2.05, 4.69) is 4.74 Å². The number of hydrogen-bond donors (Lipinski definition) is 2. The molecule has 0 bridgehead atoms. The van der Waals surface area contributed by atoms with E-state index in [0.29, 0.717) is 11.1 Å². The van der Waals surface area contributed by atoms with Crippen molar-refractivity contribution in [1.82, 2.24) is 5.01 Å². The Morgan fingerprint density at radius 2 is 1.65 bits per heavy atom. The topological polar surface area (TPSA) is 81.6 Å². The number of hydrazine groups is 1. The van der Waals surface area contributed by atoms with Gasteiger partial charge in [0, 0.05) is 12.7 Å². The van der Waals surface area contributed by atoms with Crippen molar-refractivity contribution in [3.63, 3.8) is 0 Å². The largest absolute Gasteiger partial charge is 0.573 e. The molecule has 0 aliphatic heterocycles. The highest BCUT2D eigenvalue weighted by Crippen LogP contribution is 2.28. The van der Waals surface area contributed by atoms with Gasteiger partial charge in [0.15, 0.2) is 0 Å². The summed E-state index contributed by atoms with van der Waals surface area (Å²) in [5, 5.41) is 0.899. The number of carbonyl (C=O) groups excluding carboxylic acids is 1. The van der Waals surface area contributed by atoms with Crippen molar-refractivity contribution in [3.8, 4) is 16.9 Å². The van der Waals surface area contributed by atoms with Gasteiger partial charge >= 0.3 is 6.36 Å². The summed E-state index contributed by atoms with van der Waals surface area (Å²) in [6.45, 7) is 0. The van der Waals surface area contributed by atoms with Gasteiger partial charge in [0.1, 0.15) is 5.75 Å². The normalized spacial score (nSPS) is 11.2. The fourth-order valence-corrected chi connectivity index (χ4v) is 1.96. The van der Waals surface area contributed by atoms with Crippen molar-refractivity contribution in [2.24, 2.45) is 5.84 Å². The van der Waals surface area contributed by atoms with Crippen LogP contribution in [-0.2, 0) is 0 Å². The van der Waals surface area contributed by atoms with Gasteiger partial charge in [-0.25, -0.2) is 5.84 Å². The molecule has 2 rings (SSSR count). The summed E-state index contributed by atoms with van der Waals surface area (Å²) in [5.41, 5.74) is 7.44. The number of nitrogen functional groups attached to an aromatic ring is 1. The van der Waals surface area contributed by atoms with Crippen LogP contribution in [0.1, 0.15) is 10.4 Å². The summed E-state index contributed by atoms with van der Waals surface area (Å²) < 4.78 is 40.2. The third kappa shape index (κ3) is 4.13. The minimum Gasteiger partial charge on any atom is -0.406 e. The molecule has 0 radical (unpaired) electrons. The molecule has 0 saturated carbocycles. The van der Waals surface area contributed by atoms with Gasteiger partial charge in [-0.15, -0.1) is 13.2 Å². The van der Waals surface area contributed by atoms with Crippen molar-refractivity contribution in [2.75, 3.05) is 12.8 Å². The van der Waals surface area contributed by atoms with Gasteiger partial charge in [-0.1, -0.05) is 18.2 Å². The number of alkyl halides is 3. The maximum Gasteiger partial charge on any atom is 0.573 e. The average molecular weight is 325 g/mol. The second kappa shape index (κ2) is 6.17. The molecule has 0 aromatic heterocycles. The summed E-state index contributed by atoms with van der Waals surface area (Å²) in [5.74, 6) is 4.61. The Morgan fingerprint density at radius 1 is 1.09 bits per heavy atom. The van der Waals surface area contributed by atoms with Gasteiger partial charge in [0.25, 0.3) is 5.91 Å². The lowest BCUT2D eigenvalue weighted by Gasteiger charge is -2.13. The number of hydrogen-bond acceptors (Lipinski definition) is 4. The van der Waals surface area contributed by atoms with E-state index in [-0.39, 0.29) is 17.0 Å². The van der Waals surface area contributed by atoms with Crippen LogP contribution in [0.4, 0.5) is 18.9 Å². The van der Waals surface area contributed by atoms with E-state index in [0.717, 1.165) is 5.01 Å². The summed E-state index contributed by atoms with van der Waals surface area (Å²) in [6, 6.07) is 10.0. The fourth-order valence-electron chi connectivity index (χ4n) is 1.96. The maximum absolute atomic E-state index is 12.1. The van der Waals surface area contributed by atoms with Crippen molar-refractivity contribution >= 4 is 11.6 Å². The van der Waals surface area contributed by atoms with Crippen LogP contribution in [0.3, 0.4) is 0 Å². The van der Waals surface area contributed by atoms with E-state index in [1.807, 2.05) is 0 Å². The Labute approximate surface area is 130 Å². The van der Waals surface area contributed by atoms with Crippen molar-refractivity contribution in [2.45, 2.75) is 6.36 Å². The molecule has 0 fully saturated rings. The standard InChI is InChI=1S/C15H14F3N3O2/c1-21(20)14(22)12-8-10(4-7-13(12)19)9-2-5-11(6-3-9)23-15(16,17)18/h2-8H,19-20H2,1H3. The molecular weight excluding hydrogens is 311 g/mol. The third-order valence-corrected chi connectivity index (χ3v) is 3.03. The van der Waals surface area contributed by atoms with Crippen molar-refractivity contribution in [1.29, 1.82) is 0 Å². The zero-order chi connectivity index (χ0) is 17.2. The van der Waals surface area contributed by atoms with Crippen LogP contribution in [0.25, 0.3) is 11.1 Å². The first-order valence-corrected chi connectivity index (χ1v) is 6.46. The van der Waals surface area contributed by atoms with E-state index in [1.54, 1.807) is 6.07 Å². The second-order valence-corrected chi connectivity index (χ2v) is 4.79. The first kappa shape index (κ1) is 16.6. The smallest absolute Gasteiger partial charge is 0.406 e. The van der Waals surface area contributed by atoms with Crippen LogP contribution in [0.15, 0.2) is 42.5 Å². The van der Waals surface area contributed by atoms with E-state index < -0.39 is 12.3 Å². The molecule has 0 aliphatic rings. The molecule has 0 saturated heterocycles. The minimum absolute atomic E-state index is 0.211. The number of nitrogens with two attached hydrogens (primary N) is 2. The molecule has 1 amide bonds. The van der Waals surface area contributed by atoms with Crippen LogP contribution in [0.5, 0.6) is 5.75 Å². The van der Waals surface area contributed by atoms with Gasteiger partial charge < -0.3 is 10.5 Å². The lowest BCUT2D eigenvalue weighted by molar-refractivity contribution is -0.274. The summed E-state index contributed by atoms with van der Waals surface area (Å²) in [7, 11) is 1.39. The molecule has 2 aromatic carbocycles. The van der Waals surface area contributed by atoms with E-state index in [4.69, 9.17) is 11.6 Å². The van der Waals surface area contributed by atoms with Gasteiger partial charge in [0.05, 0.1) is 5.56 Å². The van der Waals surface area contributed by atoms with Gasteiger partial charge in [-0.2, -0.15) is 0 Å². The quantitative estimate of drug-likeness (QED) is 0.393. The van der Waals surface area contributed by atoms with E-state index >= 15 is 0 Å². The van der Waals surface area contributed by atoms with Gasteiger partial charge in [-0.05, 0) is 35.4 Å². The second-order valence-electron chi connectivity index (χ2n) is 4.79. The monoisotopic (exact) mass is 325 g/mol. The molecule has 4 N–H and O–H groups in total. The molecule has 122 valence electrons. The van der Waals surface area contributed by atoms with Crippen LogP contribution in [-0.4, -0.2) is 24.3 Å². The number of carbonyl (C=O) groups is 1. The molecule has 2 aromatic rings. The number of ether oxygens (including phenoxy) is 1. The molecule has 0 atom stereocenters. The molecule has 0 spiro atoms. The zero-order valence-electron chi connectivity index (χ0n) is 12.1. The van der Waals surface area contributed by atoms with Crippen molar-refractivity contribution in [3.05, 3.63) is 48.0 Å². The predicted molar refractivity (Wildman–Crippen MR) is 79.3 cm³/mol. The summed E-state index contributed by atoms with van der Waals surface area (Å²) in [6.07, 6.45) is -4.74. The Kier molecular flexibility index (Phi) is 4.46. The highest BCUT2D eigenvalue weighted by Gasteiger charge is 2.30. The molecule has 0 heterocycles. The summed E-state index contributed by atoms with van der Waals surface area (Å²) >= 11 is 0. The highest BCUT2D eigenvalue weighted by atomic mass is 19.4.